The van der Waals surface area contributed by atoms with Gasteiger partial charge >= 0.3 is 17.8 Å². The summed E-state index contributed by atoms with van der Waals surface area (Å²) in [5.41, 5.74) is -0.283. The van der Waals surface area contributed by atoms with Crippen LogP contribution in [0.3, 0.4) is 0 Å². The van der Waals surface area contributed by atoms with Gasteiger partial charge < -0.3 is 5.32 Å². The number of fused-ring (bicyclic) bond motifs is 2. The molecule has 5 amide bonds. The van der Waals surface area contributed by atoms with E-state index in [-0.39, 0.29) is 11.6 Å². The normalized spacial score (nSPS) is 27.1. The average molecular weight is 405 g/mol. The van der Waals surface area contributed by atoms with Gasteiger partial charge in [0.25, 0.3) is 0 Å². The number of anilines is 1. The van der Waals surface area contributed by atoms with Gasteiger partial charge in [-0.3, -0.25) is 19.3 Å². The summed E-state index contributed by atoms with van der Waals surface area (Å²) in [7, 11) is 0. The van der Waals surface area contributed by atoms with Gasteiger partial charge in [0.2, 0.25) is 5.91 Å². The molecule has 1 saturated heterocycles. The number of urea groups is 1. The predicted octanol–water partition coefficient (Wildman–Crippen LogP) is 2.52. The highest BCUT2D eigenvalue weighted by Gasteiger charge is 2.52. The van der Waals surface area contributed by atoms with Crippen LogP contribution in [0, 0.1) is 29.4 Å². The molecule has 0 spiro atoms. The third-order valence-corrected chi connectivity index (χ3v) is 6.41. The molecular formula is C20H21F2N3O4. The smallest absolute Gasteiger partial charge is 0.322 e. The Hall–Kier alpha value is -2.84. The molecule has 3 fully saturated rings. The van der Waals surface area contributed by atoms with Crippen molar-refractivity contribution in [3.63, 3.8) is 0 Å². The monoisotopic (exact) mass is 405 g/mol. The highest BCUT2D eigenvalue weighted by molar-refractivity contribution is 6.45. The molecule has 3 aliphatic rings. The van der Waals surface area contributed by atoms with E-state index >= 15 is 0 Å². The predicted molar refractivity (Wildman–Crippen MR) is 97.3 cm³/mol. The molecule has 2 aliphatic carbocycles. The van der Waals surface area contributed by atoms with Gasteiger partial charge in [-0.05, 0) is 56.1 Å². The summed E-state index contributed by atoms with van der Waals surface area (Å²) in [5, 5.41) is 2.18. The van der Waals surface area contributed by atoms with Crippen molar-refractivity contribution in [2.75, 3.05) is 11.9 Å². The lowest BCUT2D eigenvalue weighted by molar-refractivity contribution is -0.144. The molecule has 2 bridgehead atoms. The summed E-state index contributed by atoms with van der Waals surface area (Å²) in [6, 6.07) is 1.35. The van der Waals surface area contributed by atoms with Gasteiger partial charge in [0.15, 0.2) is 0 Å². The number of hydrogen-bond donors (Lipinski definition) is 1. The van der Waals surface area contributed by atoms with Crippen LogP contribution in [0.15, 0.2) is 18.2 Å². The molecule has 1 N–H and O–H groups in total. The highest BCUT2D eigenvalue weighted by atomic mass is 19.1. The van der Waals surface area contributed by atoms with Gasteiger partial charge in [0, 0.05) is 12.1 Å². The fraction of sp³-hybridized carbons (Fsp3) is 0.500. The maximum atomic E-state index is 13.7. The Balaban J connectivity index is 1.44. The number of halogens is 2. The van der Waals surface area contributed by atoms with E-state index in [2.05, 4.69) is 5.32 Å². The summed E-state index contributed by atoms with van der Waals surface area (Å²) in [4.78, 5) is 51.2. The van der Waals surface area contributed by atoms with E-state index < -0.39 is 48.0 Å². The van der Waals surface area contributed by atoms with E-state index in [9.17, 15) is 28.0 Å². The molecule has 4 atom stereocenters. The van der Waals surface area contributed by atoms with Crippen molar-refractivity contribution in [2.45, 2.75) is 38.6 Å². The standard InChI is InChI=1S/C20H21F2N3O4/c1-10(14-7-11-2-3-12(14)6-11)25-19(28)18(27)24(20(25)29)9-17(26)23-16-5-4-13(21)8-15(16)22/h4-5,8,10-12,14H,2-3,6-7,9H2,1H3,(H,23,26)/t10-,11+,12+,14-/m1/s1. The molecule has 2 saturated carbocycles. The minimum absolute atomic E-state index is 0.163. The van der Waals surface area contributed by atoms with E-state index in [1.807, 2.05) is 0 Å². The number of nitrogens with one attached hydrogen (secondary N) is 1. The van der Waals surface area contributed by atoms with Gasteiger partial charge in [-0.1, -0.05) is 6.42 Å². The molecule has 1 aromatic carbocycles. The van der Waals surface area contributed by atoms with Gasteiger partial charge in [-0.25, -0.2) is 18.5 Å². The molecule has 0 unspecified atom stereocenters. The zero-order valence-electron chi connectivity index (χ0n) is 15.9. The molecule has 1 aromatic rings. The summed E-state index contributed by atoms with van der Waals surface area (Å²) in [5.74, 6) is -3.43. The van der Waals surface area contributed by atoms with Gasteiger partial charge in [-0.15, -0.1) is 0 Å². The molecule has 0 radical (unpaired) electrons. The zero-order valence-corrected chi connectivity index (χ0v) is 15.9. The average Bonchev–Trinajstić information content (AvgIpc) is 3.35. The second kappa shape index (κ2) is 7.20. The van der Waals surface area contributed by atoms with Crippen molar-refractivity contribution in [1.82, 2.24) is 9.80 Å². The molecule has 9 heteroatoms. The Bertz CT molecular complexity index is 906. The van der Waals surface area contributed by atoms with Crippen LogP contribution in [0.5, 0.6) is 0 Å². The summed E-state index contributed by atoms with van der Waals surface area (Å²) in [6.07, 6.45) is 4.26. The van der Waals surface area contributed by atoms with Crippen LogP contribution in [0.2, 0.25) is 0 Å². The minimum Gasteiger partial charge on any atom is -0.322 e. The second-order valence-electron chi connectivity index (χ2n) is 8.10. The van der Waals surface area contributed by atoms with Crippen LogP contribution in [0.1, 0.15) is 32.6 Å². The van der Waals surface area contributed by atoms with Crippen LogP contribution < -0.4 is 5.32 Å². The fourth-order valence-electron chi connectivity index (χ4n) is 5.02. The maximum Gasteiger partial charge on any atom is 0.334 e. The number of imide groups is 2. The lowest BCUT2D eigenvalue weighted by Gasteiger charge is -2.32. The number of carbonyl (C=O) groups excluding carboxylic acids is 4. The lowest BCUT2D eigenvalue weighted by Crippen LogP contribution is -2.45. The minimum atomic E-state index is -1.07. The number of carbonyl (C=O) groups is 4. The van der Waals surface area contributed by atoms with Crippen LogP contribution in [0.4, 0.5) is 19.3 Å². The Kier molecular flexibility index (Phi) is 4.84. The Labute approximate surface area is 166 Å². The van der Waals surface area contributed by atoms with Crippen molar-refractivity contribution in [2.24, 2.45) is 17.8 Å². The lowest BCUT2D eigenvalue weighted by atomic mass is 9.83. The number of hydrogen-bond acceptors (Lipinski definition) is 4. The Morgan fingerprint density at radius 2 is 1.93 bits per heavy atom. The van der Waals surface area contributed by atoms with E-state index in [1.165, 1.54) is 6.42 Å². The van der Waals surface area contributed by atoms with Crippen molar-refractivity contribution in [1.29, 1.82) is 0 Å². The summed E-state index contributed by atoms with van der Waals surface area (Å²) in [6.45, 7) is 1.05. The first-order chi connectivity index (χ1) is 13.8. The third-order valence-electron chi connectivity index (χ3n) is 6.41. The number of rotatable bonds is 5. The largest absolute Gasteiger partial charge is 0.334 e. The zero-order chi connectivity index (χ0) is 20.9. The molecule has 7 nitrogen and oxygen atoms in total. The molecule has 29 heavy (non-hydrogen) atoms. The Morgan fingerprint density at radius 3 is 2.55 bits per heavy atom. The quantitative estimate of drug-likeness (QED) is 0.603. The van der Waals surface area contributed by atoms with Crippen LogP contribution in [-0.4, -0.2) is 46.1 Å². The SMILES string of the molecule is C[C@H]([C@H]1C[C@H]2CC[C@H]1C2)N1C(=O)C(=O)N(CC(=O)Nc2ccc(F)cc2F)C1=O. The number of benzene rings is 1. The van der Waals surface area contributed by atoms with Crippen molar-refractivity contribution < 1.29 is 28.0 Å². The first-order valence-electron chi connectivity index (χ1n) is 9.70. The number of amides is 5. The van der Waals surface area contributed by atoms with E-state index in [1.54, 1.807) is 6.92 Å². The Morgan fingerprint density at radius 1 is 1.17 bits per heavy atom. The first-order valence-corrected chi connectivity index (χ1v) is 9.70. The van der Waals surface area contributed by atoms with Crippen LogP contribution in [-0.2, 0) is 14.4 Å². The van der Waals surface area contributed by atoms with Crippen molar-refractivity contribution >= 4 is 29.4 Å². The van der Waals surface area contributed by atoms with Crippen LogP contribution in [0.25, 0.3) is 0 Å². The maximum absolute atomic E-state index is 13.7. The topological polar surface area (TPSA) is 86.8 Å². The van der Waals surface area contributed by atoms with Crippen molar-refractivity contribution in [3.05, 3.63) is 29.8 Å². The van der Waals surface area contributed by atoms with Gasteiger partial charge in [-0.2, -0.15) is 0 Å². The third kappa shape index (κ3) is 3.38. The number of nitrogens with zero attached hydrogens (tertiary/aromatic N) is 2. The summed E-state index contributed by atoms with van der Waals surface area (Å²) >= 11 is 0. The molecule has 1 heterocycles. The fourth-order valence-corrected chi connectivity index (χ4v) is 5.02. The van der Waals surface area contributed by atoms with E-state index in [4.69, 9.17) is 0 Å². The van der Waals surface area contributed by atoms with Crippen molar-refractivity contribution in [3.8, 4) is 0 Å². The van der Waals surface area contributed by atoms with Crippen LogP contribution >= 0.6 is 0 Å². The molecule has 0 aromatic heterocycles. The summed E-state index contributed by atoms with van der Waals surface area (Å²) < 4.78 is 26.7. The van der Waals surface area contributed by atoms with E-state index in [0.717, 1.165) is 36.3 Å². The molecule has 4 rings (SSSR count). The van der Waals surface area contributed by atoms with E-state index in [0.29, 0.717) is 22.8 Å². The molecule has 154 valence electrons. The van der Waals surface area contributed by atoms with Gasteiger partial charge in [0.1, 0.15) is 18.2 Å². The first kappa shape index (κ1) is 19.5. The molecular weight excluding hydrogens is 384 g/mol. The molecule has 1 aliphatic heterocycles. The second-order valence-corrected chi connectivity index (χ2v) is 8.10. The van der Waals surface area contributed by atoms with Gasteiger partial charge in [0.05, 0.1) is 5.69 Å². The highest BCUT2D eigenvalue weighted by Crippen LogP contribution is 2.50.